The van der Waals surface area contributed by atoms with Crippen molar-refractivity contribution < 1.29 is 9.47 Å². The van der Waals surface area contributed by atoms with Crippen LogP contribution in [0, 0.1) is 0 Å². The molecule has 4 heteroatoms. The standard InChI is InChI=1S/C7H8N2O2/c1-2-8-6(9-3-1)7-10-4-5-11-7/h1-3,7H,4-5H2. The van der Waals surface area contributed by atoms with E-state index in [0.29, 0.717) is 19.0 Å². The summed E-state index contributed by atoms with van der Waals surface area (Å²) in [6.07, 6.45) is 3.00. The topological polar surface area (TPSA) is 44.2 Å². The van der Waals surface area contributed by atoms with Crippen LogP contribution in [0.25, 0.3) is 0 Å². The van der Waals surface area contributed by atoms with Crippen LogP contribution in [0.2, 0.25) is 0 Å². The summed E-state index contributed by atoms with van der Waals surface area (Å²) >= 11 is 0. The Morgan fingerprint density at radius 2 is 1.82 bits per heavy atom. The number of hydrogen-bond donors (Lipinski definition) is 0. The van der Waals surface area contributed by atoms with Gasteiger partial charge in [-0.05, 0) is 6.07 Å². The van der Waals surface area contributed by atoms with Gasteiger partial charge in [0.2, 0.25) is 6.29 Å². The van der Waals surface area contributed by atoms with Crippen molar-refractivity contribution in [1.29, 1.82) is 0 Å². The zero-order chi connectivity index (χ0) is 7.52. The van der Waals surface area contributed by atoms with Crippen LogP contribution in [-0.2, 0) is 9.47 Å². The minimum atomic E-state index is -0.351. The summed E-state index contributed by atoms with van der Waals surface area (Å²) in [5.74, 6) is 0.602. The van der Waals surface area contributed by atoms with Gasteiger partial charge in [0.1, 0.15) is 0 Å². The molecule has 0 aliphatic carbocycles. The summed E-state index contributed by atoms with van der Waals surface area (Å²) in [6, 6.07) is 1.76. The second-order valence-electron chi connectivity index (χ2n) is 2.18. The first kappa shape index (κ1) is 6.69. The molecule has 0 spiro atoms. The van der Waals surface area contributed by atoms with Crippen molar-refractivity contribution in [2.45, 2.75) is 6.29 Å². The van der Waals surface area contributed by atoms with E-state index < -0.39 is 0 Å². The van der Waals surface area contributed by atoms with Gasteiger partial charge in [-0.3, -0.25) is 0 Å². The van der Waals surface area contributed by atoms with E-state index in [1.807, 2.05) is 0 Å². The van der Waals surface area contributed by atoms with Crippen molar-refractivity contribution in [3.05, 3.63) is 24.3 Å². The summed E-state index contributed by atoms with van der Waals surface area (Å²) in [7, 11) is 0. The third-order valence-corrected chi connectivity index (χ3v) is 1.42. The molecule has 4 nitrogen and oxygen atoms in total. The van der Waals surface area contributed by atoms with Crippen LogP contribution in [0.15, 0.2) is 18.5 Å². The van der Waals surface area contributed by atoms with Crippen molar-refractivity contribution in [3.63, 3.8) is 0 Å². The Labute approximate surface area is 64.2 Å². The molecule has 1 aliphatic rings. The fourth-order valence-electron chi connectivity index (χ4n) is 0.940. The van der Waals surface area contributed by atoms with E-state index in [1.54, 1.807) is 18.5 Å². The molecule has 1 aromatic heterocycles. The van der Waals surface area contributed by atoms with E-state index in [0.717, 1.165) is 0 Å². The number of ether oxygens (including phenoxy) is 2. The summed E-state index contributed by atoms with van der Waals surface area (Å²) in [5, 5.41) is 0. The average Bonchev–Trinajstić information content (AvgIpc) is 2.58. The van der Waals surface area contributed by atoms with Crippen molar-refractivity contribution in [2.75, 3.05) is 13.2 Å². The lowest BCUT2D eigenvalue weighted by Gasteiger charge is -2.04. The molecule has 0 saturated carbocycles. The predicted octanol–water partition coefficient (Wildman–Crippen LogP) is 0.522. The highest BCUT2D eigenvalue weighted by Crippen LogP contribution is 2.18. The van der Waals surface area contributed by atoms with Crippen LogP contribution in [0.1, 0.15) is 12.1 Å². The van der Waals surface area contributed by atoms with Crippen molar-refractivity contribution in [3.8, 4) is 0 Å². The lowest BCUT2D eigenvalue weighted by Crippen LogP contribution is -2.02. The van der Waals surface area contributed by atoms with Gasteiger partial charge in [-0.1, -0.05) is 0 Å². The van der Waals surface area contributed by atoms with E-state index in [2.05, 4.69) is 9.97 Å². The second-order valence-corrected chi connectivity index (χ2v) is 2.18. The third-order valence-electron chi connectivity index (χ3n) is 1.42. The molecule has 0 bridgehead atoms. The summed E-state index contributed by atoms with van der Waals surface area (Å²) in [4.78, 5) is 8.00. The summed E-state index contributed by atoms with van der Waals surface area (Å²) in [5.41, 5.74) is 0. The molecule has 1 aromatic rings. The van der Waals surface area contributed by atoms with Gasteiger partial charge < -0.3 is 9.47 Å². The molecule has 0 unspecified atom stereocenters. The molecule has 2 heterocycles. The molecule has 1 aliphatic heterocycles. The van der Waals surface area contributed by atoms with E-state index in [1.165, 1.54) is 0 Å². The SMILES string of the molecule is c1cnc(C2OCCO2)nc1. The van der Waals surface area contributed by atoms with Crippen LogP contribution in [0.3, 0.4) is 0 Å². The Kier molecular flexibility index (Phi) is 1.79. The fraction of sp³-hybridized carbons (Fsp3) is 0.429. The minimum absolute atomic E-state index is 0.351. The van der Waals surface area contributed by atoms with Crippen LogP contribution >= 0.6 is 0 Å². The smallest absolute Gasteiger partial charge is 0.219 e. The third kappa shape index (κ3) is 1.36. The lowest BCUT2D eigenvalue weighted by molar-refractivity contribution is -0.0507. The van der Waals surface area contributed by atoms with Crippen molar-refractivity contribution in [1.82, 2.24) is 9.97 Å². The van der Waals surface area contributed by atoms with E-state index in [9.17, 15) is 0 Å². The molecular formula is C7H8N2O2. The van der Waals surface area contributed by atoms with Crippen LogP contribution in [0.5, 0.6) is 0 Å². The monoisotopic (exact) mass is 152 g/mol. The number of hydrogen-bond acceptors (Lipinski definition) is 4. The Bertz CT molecular complexity index is 221. The molecule has 0 radical (unpaired) electrons. The van der Waals surface area contributed by atoms with Crippen molar-refractivity contribution in [2.24, 2.45) is 0 Å². The first-order chi connectivity index (χ1) is 5.47. The number of nitrogens with zero attached hydrogens (tertiary/aromatic N) is 2. The van der Waals surface area contributed by atoms with E-state index in [-0.39, 0.29) is 6.29 Å². The number of rotatable bonds is 1. The molecule has 0 aromatic carbocycles. The van der Waals surface area contributed by atoms with Gasteiger partial charge in [-0.25, -0.2) is 9.97 Å². The Hall–Kier alpha value is -1.00. The fourth-order valence-corrected chi connectivity index (χ4v) is 0.940. The first-order valence-electron chi connectivity index (χ1n) is 3.47. The van der Waals surface area contributed by atoms with Gasteiger partial charge in [0.15, 0.2) is 5.82 Å². The van der Waals surface area contributed by atoms with Gasteiger partial charge in [-0.2, -0.15) is 0 Å². The molecule has 11 heavy (non-hydrogen) atoms. The van der Waals surface area contributed by atoms with Gasteiger partial charge in [0.25, 0.3) is 0 Å². The molecule has 1 saturated heterocycles. The van der Waals surface area contributed by atoms with Gasteiger partial charge in [-0.15, -0.1) is 0 Å². The van der Waals surface area contributed by atoms with Crippen molar-refractivity contribution >= 4 is 0 Å². The Balaban J connectivity index is 2.16. The predicted molar refractivity (Wildman–Crippen MR) is 36.7 cm³/mol. The zero-order valence-corrected chi connectivity index (χ0v) is 5.93. The largest absolute Gasteiger partial charge is 0.343 e. The maximum absolute atomic E-state index is 5.19. The minimum Gasteiger partial charge on any atom is -0.343 e. The van der Waals surface area contributed by atoms with E-state index in [4.69, 9.17) is 9.47 Å². The van der Waals surface area contributed by atoms with Crippen LogP contribution < -0.4 is 0 Å². The second kappa shape index (κ2) is 2.94. The highest BCUT2D eigenvalue weighted by atomic mass is 16.7. The Morgan fingerprint density at radius 1 is 1.18 bits per heavy atom. The highest BCUT2D eigenvalue weighted by Gasteiger charge is 2.19. The van der Waals surface area contributed by atoms with Gasteiger partial charge >= 0.3 is 0 Å². The first-order valence-corrected chi connectivity index (χ1v) is 3.47. The summed E-state index contributed by atoms with van der Waals surface area (Å²) in [6.45, 7) is 1.26. The van der Waals surface area contributed by atoms with Crippen LogP contribution in [0.4, 0.5) is 0 Å². The quantitative estimate of drug-likeness (QED) is 0.588. The molecule has 0 N–H and O–H groups in total. The number of aromatic nitrogens is 2. The average molecular weight is 152 g/mol. The van der Waals surface area contributed by atoms with Gasteiger partial charge in [0.05, 0.1) is 13.2 Å². The normalized spacial score (nSPS) is 18.9. The maximum Gasteiger partial charge on any atom is 0.219 e. The molecule has 2 rings (SSSR count). The highest BCUT2D eigenvalue weighted by molar-refractivity contribution is 4.90. The van der Waals surface area contributed by atoms with E-state index >= 15 is 0 Å². The molecule has 58 valence electrons. The zero-order valence-electron chi connectivity index (χ0n) is 5.93. The lowest BCUT2D eigenvalue weighted by atomic mass is 10.5. The molecular weight excluding hydrogens is 144 g/mol. The molecule has 0 amide bonds. The van der Waals surface area contributed by atoms with Gasteiger partial charge in [0, 0.05) is 12.4 Å². The summed E-state index contributed by atoms with van der Waals surface area (Å²) < 4.78 is 10.4. The molecule has 0 atom stereocenters. The van der Waals surface area contributed by atoms with Crippen LogP contribution in [-0.4, -0.2) is 23.2 Å². The molecule has 1 fully saturated rings. The Morgan fingerprint density at radius 3 is 2.45 bits per heavy atom. The maximum atomic E-state index is 5.19.